The van der Waals surface area contributed by atoms with E-state index in [0.717, 1.165) is 36.1 Å². The molecule has 0 saturated carbocycles. The maximum Gasteiger partial charge on any atom is 0.416 e. The Balaban J connectivity index is 1.64. The lowest BCUT2D eigenvalue weighted by atomic mass is 9.96. The van der Waals surface area contributed by atoms with E-state index in [4.69, 9.17) is 5.73 Å². The van der Waals surface area contributed by atoms with E-state index in [9.17, 15) is 18.0 Å². The molecule has 3 N–H and O–H groups in total. The normalized spacial score (nSPS) is 15.7. The Morgan fingerprint density at radius 2 is 1.67 bits per heavy atom. The van der Waals surface area contributed by atoms with Crippen LogP contribution < -0.4 is 11.1 Å². The highest BCUT2D eigenvalue weighted by molar-refractivity contribution is 6.09. The molecular weight excluding hydrogens is 389 g/mol. The van der Waals surface area contributed by atoms with Gasteiger partial charge in [0.1, 0.15) is 0 Å². The van der Waals surface area contributed by atoms with Gasteiger partial charge in [-0.2, -0.15) is 13.2 Å². The van der Waals surface area contributed by atoms with Gasteiger partial charge in [-0.25, -0.2) is 0 Å². The highest BCUT2D eigenvalue weighted by Gasteiger charge is 2.30. The lowest BCUT2D eigenvalue weighted by Gasteiger charge is -2.13. The van der Waals surface area contributed by atoms with Crippen LogP contribution in [0.15, 0.2) is 60.7 Å². The molecule has 0 spiro atoms. The van der Waals surface area contributed by atoms with Crippen LogP contribution in [0.3, 0.4) is 0 Å². The van der Waals surface area contributed by atoms with E-state index in [1.807, 2.05) is 31.2 Å². The number of carbonyl (C=O) groups excluding carboxylic acids is 1. The number of rotatable bonds is 3. The molecule has 0 saturated heterocycles. The van der Waals surface area contributed by atoms with Crippen LogP contribution >= 0.6 is 0 Å². The molecule has 0 bridgehead atoms. The Kier molecular flexibility index (Phi) is 5.12. The Morgan fingerprint density at radius 1 is 0.967 bits per heavy atom. The standard InChI is InChI=1S/C24H21F3N2O/c1-14-2-9-21(15-3-6-18(7-4-15)24(25,26)27)22(10-14)23(30)29-20-8-5-16-11-19(28)12-17(16)13-20/h2-10,13,19H,11-12,28H2,1H3,(H,29,30)/t19-/m1/s1. The van der Waals surface area contributed by atoms with Crippen molar-refractivity contribution < 1.29 is 18.0 Å². The minimum atomic E-state index is -4.40. The van der Waals surface area contributed by atoms with Crippen LogP contribution in [-0.4, -0.2) is 11.9 Å². The molecule has 1 aliphatic rings. The molecule has 3 nitrogen and oxygen atoms in total. The molecular formula is C24H21F3N2O. The van der Waals surface area contributed by atoms with Crippen LogP contribution in [0.4, 0.5) is 18.9 Å². The number of hydrogen-bond acceptors (Lipinski definition) is 2. The Labute approximate surface area is 172 Å². The SMILES string of the molecule is Cc1ccc(-c2ccc(C(F)(F)F)cc2)c(C(=O)Nc2ccc3c(c2)C[C@H](N)C3)c1. The molecule has 0 aromatic heterocycles. The third-order valence-corrected chi connectivity index (χ3v) is 5.37. The molecule has 0 fully saturated rings. The van der Waals surface area contributed by atoms with Crippen LogP contribution in [0.2, 0.25) is 0 Å². The number of hydrogen-bond donors (Lipinski definition) is 2. The molecule has 0 unspecified atom stereocenters. The van der Waals surface area contributed by atoms with Crippen molar-refractivity contribution in [2.75, 3.05) is 5.32 Å². The van der Waals surface area contributed by atoms with Gasteiger partial charge in [0, 0.05) is 17.3 Å². The molecule has 1 aliphatic carbocycles. The lowest BCUT2D eigenvalue weighted by Crippen LogP contribution is -2.19. The first-order chi connectivity index (χ1) is 14.2. The number of anilines is 1. The van der Waals surface area contributed by atoms with Crippen molar-refractivity contribution in [2.45, 2.75) is 32.0 Å². The quantitative estimate of drug-likeness (QED) is 0.611. The van der Waals surface area contributed by atoms with Crippen molar-refractivity contribution in [3.63, 3.8) is 0 Å². The summed E-state index contributed by atoms with van der Waals surface area (Å²) in [6.45, 7) is 1.87. The molecule has 0 aliphatic heterocycles. The van der Waals surface area contributed by atoms with Crippen LogP contribution in [0.1, 0.15) is 32.6 Å². The van der Waals surface area contributed by atoms with Gasteiger partial charge in [0.15, 0.2) is 0 Å². The second-order valence-electron chi connectivity index (χ2n) is 7.73. The minimum absolute atomic E-state index is 0.106. The van der Waals surface area contributed by atoms with Gasteiger partial charge in [-0.3, -0.25) is 4.79 Å². The van der Waals surface area contributed by atoms with Crippen LogP contribution in [0, 0.1) is 6.92 Å². The zero-order chi connectivity index (χ0) is 21.5. The molecule has 1 amide bonds. The van der Waals surface area contributed by atoms with Crippen molar-refractivity contribution in [1.82, 2.24) is 0 Å². The zero-order valence-corrected chi connectivity index (χ0v) is 16.4. The molecule has 0 heterocycles. The predicted octanol–water partition coefficient (Wildman–Crippen LogP) is 5.36. The monoisotopic (exact) mass is 410 g/mol. The summed E-state index contributed by atoms with van der Waals surface area (Å²) in [7, 11) is 0. The largest absolute Gasteiger partial charge is 0.416 e. The Bertz CT molecular complexity index is 1100. The number of aryl methyl sites for hydroxylation is 1. The third kappa shape index (κ3) is 4.09. The number of nitrogens with one attached hydrogen (secondary N) is 1. The number of nitrogens with two attached hydrogens (primary N) is 1. The maximum absolute atomic E-state index is 13.0. The van der Waals surface area contributed by atoms with Crippen molar-refractivity contribution in [2.24, 2.45) is 5.73 Å². The van der Waals surface area contributed by atoms with Crippen LogP contribution in [-0.2, 0) is 19.0 Å². The second kappa shape index (κ2) is 7.61. The van der Waals surface area contributed by atoms with E-state index in [1.165, 1.54) is 17.7 Å². The number of fused-ring (bicyclic) bond motifs is 1. The average molecular weight is 410 g/mol. The van der Waals surface area contributed by atoms with Gasteiger partial charge in [0.2, 0.25) is 0 Å². The van der Waals surface area contributed by atoms with Crippen molar-refractivity contribution >= 4 is 11.6 Å². The first-order valence-electron chi connectivity index (χ1n) is 9.68. The second-order valence-corrected chi connectivity index (χ2v) is 7.73. The summed E-state index contributed by atoms with van der Waals surface area (Å²) >= 11 is 0. The van der Waals surface area contributed by atoms with Crippen molar-refractivity contribution in [1.29, 1.82) is 0 Å². The first kappa shape index (κ1) is 20.2. The summed E-state index contributed by atoms with van der Waals surface area (Å²) in [6.07, 6.45) is -2.79. The summed E-state index contributed by atoms with van der Waals surface area (Å²) in [5.74, 6) is -0.309. The lowest BCUT2D eigenvalue weighted by molar-refractivity contribution is -0.137. The van der Waals surface area contributed by atoms with E-state index in [2.05, 4.69) is 5.32 Å². The fourth-order valence-corrected chi connectivity index (χ4v) is 3.86. The number of carbonyl (C=O) groups is 1. The fraction of sp³-hybridized carbons (Fsp3) is 0.208. The Hall–Kier alpha value is -3.12. The Morgan fingerprint density at radius 3 is 2.37 bits per heavy atom. The molecule has 4 rings (SSSR count). The number of benzene rings is 3. The van der Waals surface area contributed by atoms with E-state index >= 15 is 0 Å². The van der Waals surface area contributed by atoms with Crippen molar-refractivity contribution in [3.8, 4) is 11.1 Å². The van der Waals surface area contributed by atoms with Gasteiger partial charge < -0.3 is 11.1 Å². The number of alkyl halides is 3. The topological polar surface area (TPSA) is 55.1 Å². The van der Waals surface area contributed by atoms with Gasteiger partial charge in [-0.1, -0.05) is 35.9 Å². The zero-order valence-electron chi connectivity index (χ0n) is 16.4. The summed E-state index contributed by atoms with van der Waals surface area (Å²) in [5.41, 5.74) is 10.7. The molecule has 3 aromatic rings. The van der Waals surface area contributed by atoms with Crippen LogP contribution in [0.25, 0.3) is 11.1 Å². The fourth-order valence-electron chi connectivity index (χ4n) is 3.86. The smallest absolute Gasteiger partial charge is 0.327 e. The summed E-state index contributed by atoms with van der Waals surface area (Å²) < 4.78 is 38.6. The summed E-state index contributed by atoms with van der Waals surface area (Å²) in [5, 5.41) is 2.92. The summed E-state index contributed by atoms with van der Waals surface area (Å²) in [6, 6.07) is 16.0. The van der Waals surface area contributed by atoms with Gasteiger partial charge in [-0.15, -0.1) is 0 Å². The molecule has 1 atom stereocenters. The van der Waals surface area contributed by atoms with E-state index in [0.29, 0.717) is 22.4 Å². The average Bonchev–Trinajstić information content (AvgIpc) is 3.06. The van der Waals surface area contributed by atoms with Crippen molar-refractivity contribution in [3.05, 3.63) is 88.5 Å². The van der Waals surface area contributed by atoms with Gasteiger partial charge >= 0.3 is 6.18 Å². The number of halogens is 3. The highest BCUT2D eigenvalue weighted by Crippen LogP contribution is 2.32. The molecule has 154 valence electrons. The minimum Gasteiger partial charge on any atom is -0.327 e. The van der Waals surface area contributed by atoms with Gasteiger partial charge in [0.25, 0.3) is 5.91 Å². The third-order valence-electron chi connectivity index (χ3n) is 5.37. The first-order valence-corrected chi connectivity index (χ1v) is 9.68. The summed E-state index contributed by atoms with van der Waals surface area (Å²) in [4.78, 5) is 13.0. The van der Waals surface area contributed by atoms with E-state index < -0.39 is 11.7 Å². The van der Waals surface area contributed by atoms with Gasteiger partial charge in [-0.05, 0) is 72.4 Å². The van der Waals surface area contributed by atoms with Gasteiger partial charge in [0.05, 0.1) is 5.56 Å². The van der Waals surface area contributed by atoms with Crippen LogP contribution in [0.5, 0.6) is 0 Å². The maximum atomic E-state index is 13.0. The number of amides is 1. The molecule has 0 radical (unpaired) electrons. The molecule has 6 heteroatoms. The molecule has 3 aromatic carbocycles. The molecule has 30 heavy (non-hydrogen) atoms. The highest BCUT2D eigenvalue weighted by atomic mass is 19.4. The predicted molar refractivity (Wildman–Crippen MR) is 111 cm³/mol. The van der Waals surface area contributed by atoms with E-state index in [-0.39, 0.29) is 11.9 Å². The van der Waals surface area contributed by atoms with E-state index in [1.54, 1.807) is 12.1 Å².